The molecule has 0 atom stereocenters. The minimum Gasteiger partial charge on any atom is -0.261 e. The quantitative estimate of drug-likeness (QED) is 0.696. The topological polar surface area (TPSA) is 34.9 Å². The van der Waals surface area contributed by atoms with Gasteiger partial charge in [0.05, 0.1) is 11.2 Å². The van der Waals surface area contributed by atoms with Crippen LogP contribution in [0.15, 0.2) is 87.6 Å². The van der Waals surface area contributed by atoms with Gasteiger partial charge in [0.1, 0.15) is 0 Å². The molecule has 0 saturated heterocycles. The highest BCUT2D eigenvalue weighted by Gasteiger charge is 2.08. The van der Waals surface area contributed by atoms with Gasteiger partial charge < -0.3 is 0 Å². The van der Waals surface area contributed by atoms with E-state index in [9.17, 15) is 4.79 Å². The zero-order valence-electron chi connectivity index (χ0n) is 13.1. The van der Waals surface area contributed by atoms with Crippen LogP contribution in [0.25, 0.3) is 16.6 Å². The number of benzene rings is 2. The summed E-state index contributed by atoms with van der Waals surface area (Å²) in [6.45, 7) is 0. The molecular weight excluding hydrogens is 316 g/mol. The lowest BCUT2D eigenvalue weighted by Gasteiger charge is -2.11. The average molecular weight is 332 g/mol. The van der Waals surface area contributed by atoms with Gasteiger partial charge in [0.15, 0.2) is 0 Å². The third-order valence-corrected chi connectivity index (χ3v) is 4.98. The fourth-order valence-electron chi connectivity index (χ4n) is 2.82. The first-order valence-electron chi connectivity index (χ1n) is 7.93. The maximum atomic E-state index is 12.3. The number of para-hydroxylation sites is 1. The zero-order valence-corrected chi connectivity index (χ0v) is 13.9. The Balaban J connectivity index is 1.79. The Morgan fingerprint density at radius 1 is 1.04 bits per heavy atom. The second-order valence-electron chi connectivity index (χ2n) is 5.62. The van der Waals surface area contributed by atoms with E-state index < -0.39 is 0 Å². The Bertz CT molecular complexity index is 1000. The van der Waals surface area contributed by atoms with E-state index in [2.05, 4.69) is 35.3 Å². The summed E-state index contributed by atoms with van der Waals surface area (Å²) in [5, 5.41) is 0.962. The average Bonchev–Trinajstić information content (AvgIpc) is 2.63. The minimum atomic E-state index is -0.257. The maximum absolute atomic E-state index is 12.3. The summed E-state index contributed by atoms with van der Waals surface area (Å²) in [5.74, 6) is 0. The van der Waals surface area contributed by atoms with Crippen LogP contribution in [0.2, 0.25) is 0 Å². The third-order valence-electron chi connectivity index (χ3n) is 3.96. The number of allylic oxidation sites excluding steroid dienone is 3. The fraction of sp³-hybridized carbons (Fsp3) is 0.100. The van der Waals surface area contributed by atoms with Gasteiger partial charge in [0.25, 0.3) is 0 Å². The SMILES string of the molecule is O=c1ncc2cc(SC3=CCCC=C3)ccc2n1-c1ccccc1. The lowest BCUT2D eigenvalue weighted by Crippen LogP contribution is -2.21. The molecule has 3 nitrogen and oxygen atoms in total. The molecule has 1 aliphatic rings. The summed E-state index contributed by atoms with van der Waals surface area (Å²) >= 11 is 1.74. The van der Waals surface area contributed by atoms with Crippen LogP contribution in [-0.2, 0) is 0 Å². The summed E-state index contributed by atoms with van der Waals surface area (Å²) in [6.07, 6.45) is 10.5. The van der Waals surface area contributed by atoms with Gasteiger partial charge in [-0.15, -0.1) is 0 Å². The van der Waals surface area contributed by atoms with Crippen molar-refractivity contribution in [1.29, 1.82) is 0 Å². The molecule has 3 aromatic rings. The zero-order chi connectivity index (χ0) is 16.4. The molecule has 0 saturated carbocycles. The van der Waals surface area contributed by atoms with E-state index in [1.165, 1.54) is 4.91 Å². The molecule has 1 heterocycles. The van der Waals surface area contributed by atoms with Crippen molar-refractivity contribution in [2.45, 2.75) is 17.7 Å². The molecule has 0 aliphatic heterocycles. The van der Waals surface area contributed by atoms with Gasteiger partial charge >= 0.3 is 5.69 Å². The third kappa shape index (κ3) is 2.93. The number of nitrogens with zero attached hydrogens (tertiary/aromatic N) is 2. The normalized spacial score (nSPS) is 13.9. The molecule has 118 valence electrons. The molecule has 4 heteroatoms. The van der Waals surface area contributed by atoms with Gasteiger partial charge in [0, 0.05) is 21.4 Å². The first-order chi connectivity index (χ1) is 11.8. The van der Waals surface area contributed by atoms with E-state index in [4.69, 9.17) is 0 Å². The summed E-state index contributed by atoms with van der Waals surface area (Å²) in [7, 11) is 0. The second kappa shape index (κ2) is 6.49. The Hall–Kier alpha value is -2.59. The van der Waals surface area contributed by atoms with Crippen LogP contribution in [0.1, 0.15) is 12.8 Å². The van der Waals surface area contributed by atoms with Crippen molar-refractivity contribution in [3.63, 3.8) is 0 Å². The van der Waals surface area contributed by atoms with E-state index in [0.29, 0.717) is 0 Å². The molecule has 0 spiro atoms. The highest BCUT2D eigenvalue weighted by atomic mass is 32.2. The lowest BCUT2D eigenvalue weighted by atomic mass is 10.2. The van der Waals surface area contributed by atoms with E-state index in [1.807, 2.05) is 36.4 Å². The summed E-state index contributed by atoms with van der Waals surface area (Å²) in [4.78, 5) is 18.7. The van der Waals surface area contributed by atoms with Crippen LogP contribution in [0.4, 0.5) is 0 Å². The van der Waals surface area contributed by atoms with Crippen LogP contribution < -0.4 is 5.69 Å². The summed E-state index contributed by atoms with van der Waals surface area (Å²) in [6, 6.07) is 15.8. The van der Waals surface area contributed by atoms with Crippen molar-refractivity contribution in [1.82, 2.24) is 9.55 Å². The molecule has 4 rings (SSSR count). The molecule has 1 aromatic heterocycles. The Kier molecular flexibility index (Phi) is 4.05. The fourth-order valence-corrected chi connectivity index (χ4v) is 3.78. The van der Waals surface area contributed by atoms with Gasteiger partial charge in [0.2, 0.25) is 0 Å². The van der Waals surface area contributed by atoms with Crippen LogP contribution in [0, 0.1) is 0 Å². The first-order valence-corrected chi connectivity index (χ1v) is 8.75. The van der Waals surface area contributed by atoms with Crippen molar-refractivity contribution in [2.75, 3.05) is 0 Å². The molecular formula is C20H16N2OS. The first kappa shape index (κ1) is 15.0. The number of hydrogen-bond donors (Lipinski definition) is 0. The minimum absolute atomic E-state index is 0.257. The van der Waals surface area contributed by atoms with Crippen molar-refractivity contribution in [3.05, 3.63) is 88.3 Å². The Labute approximate surface area is 144 Å². The van der Waals surface area contributed by atoms with Crippen LogP contribution in [0.5, 0.6) is 0 Å². The van der Waals surface area contributed by atoms with Gasteiger partial charge in [-0.3, -0.25) is 4.57 Å². The van der Waals surface area contributed by atoms with Gasteiger partial charge in [-0.1, -0.05) is 48.2 Å². The van der Waals surface area contributed by atoms with Crippen molar-refractivity contribution >= 4 is 22.7 Å². The molecule has 0 fully saturated rings. The predicted molar refractivity (Wildman–Crippen MR) is 99.7 cm³/mol. The van der Waals surface area contributed by atoms with Gasteiger partial charge in [-0.2, -0.15) is 0 Å². The van der Waals surface area contributed by atoms with Gasteiger partial charge in [-0.05, 0) is 43.2 Å². The van der Waals surface area contributed by atoms with Crippen molar-refractivity contribution in [2.24, 2.45) is 0 Å². The number of fused-ring (bicyclic) bond motifs is 1. The van der Waals surface area contributed by atoms with Crippen LogP contribution in [-0.4, -0.2) is 9.55 Å². The number of thioether (sulfide) groups is 1. The number of aromatic nitrogens is 2. The molecule has 0 unspecified atom stereocenters. The van der Waals surface area contributed by atoms with E-state index >= 15 is 0 Å². The van der Waals surface area contributed by atoms with Crippen molar-refractivity contribution in [3.8, 4) is 5.69 Å². The Morgan fingerprint density at radius 3 is 2.71 bits per heavy atom. The largest absolute Gasteiger partial charge is 0.352 e. The van der Waals surface area contributed by atoms with E-state index in [-0.39, 0.29) is 5.69 Å². The van der Waals surface area contributed by atoms with E-state index in [0.717, 1.165) is 34.3 Å². The monoisotopic (exact) mass is 332 g/mol. The number of rotatable bonds is 3. The van der Waals surface area contributed by atoms with Crippen LogP contribution >= 0.6 is 11.8 Å². The predicted octanol–water partition coefficient (Wildman–Crippen LogP) is 4.71. The highest BCUT2D eigenvalue weighted by molar-refractivity contribution is 8.03. The van der Waals surface area contributed by atoms with Crippen LogP contribution in [0.3, 0.4) is 0 Å². The standard InChI is InChI=1S/C20H16N2OS/c23-20-21-14-15-13-18(24-17-9-5-2-6-10-17)11-12-19(15)22(20)16-7-3-1-4-8-16/h1,3-5,7-14H,2,6H2. The molecule has 0 N–H and O–H groups in total. The molecule has 24 heavy (non-hydrogen) atoms. The molecule has 0 amide bonds. The maximum Gasteiger partial charge on any atom is 0.352 e. The molecule has 2 aromatic carbocycles. The van der Waals surface area contributed by atoms with Gasteiger partial charge in [-0.25, -0.2) is 9.78 Å². The second-order valence-corrected chi connectivity index (χ2v) is 6.77. The molecule has 1 aliphatic carbocycles. The lowest BCUT2D eigenvalue weighted by molar-refractivity contribution is 0.959. The number of hydrogen-bond acceptors (Lipinski definition) is 3. The molecule has 0 radical (unpaired) electrons. The van der Waals surface area contributed by atoms with Crippen molar-refractivity contribution < 1.29 is 0 Å². The molecule has 0 bridgehead atoms. The van der Waals surface area contributed by atoms with E-state index in [1.54, 1.807) is 22.5 Å². The summed E-state index contributed by atoms with van der Waals surface area (Å²) in [5.41, 5.74) is 1.45. The summed E-state index contributed by atoms with van der Waals surface area (Å²) < 4.78 is 1.66. The smallest absolute Gasteiger partial charge is 0.261 e. The Morgan fingerprint density at radius 2 is 1.92 bits per heavy atom. The highest BCUT2D eigenvalue weighted by Crippen LogP contribution is 2.32.